The first-order chi connectivity index (χ1) is 11.1. The summed E-state index contributed by atoms with van der Waals surface area (Å²) < 4.78 is 6.36. The van der Waals surface area contributed by atoms with Crippen molar-refractivity contribution in [3.05, 3.63) is 47.6 Å². The lowest BCUT2D eigenvalue weighted by atomic mass is 9.71. The van der Waals surface area contributed by atoms with Gasteiger partial charge in [-0.25, -0.2) is 0 Å². The number of fused-ring (bicyclic) bond motifs is 2. The lowest BCUT2D eigenvalue weighted by Crippen LogP contribution is -2.40. The van der Waals surface area contributed by atoms with Crippen LogP contribution in [0.15, 0.2) is 46.9 Å². The third-order valence-corrected chi connectivity index (χ3v) is 7.55. The molecule has 2 aliphatic heterocycles. The summed E-state index contributed by atoms with van der Waals surface area (Å²) in [5, 5.41) is 0. The van der Waals surface area contributed by atoms with Gasteiger partial charge in [-0.2, -0.15) is 0 Å². The number of hydrogen-bond acceptors (Lipinski definition) is 3. The smallest absolute Gasteiger partial charge is 0.159 e. The minimum absolute atomic E-state index is 0.0728. The summed E-state index contributed by atoms with van der Waals surface area (Å²) in [6, 6.07) is 7.45. The number of nitrogens with zero attached hydrogens (tertiary/aromatic N) is 1. The molecule has 2 fully saturated rings. The van der Waals surface area contributed by atoms with Gasteiger partial charge >= 0.3 is 0 Å². The molecular formula is C20H23NOS. The Morgan fingerprint density at radius 3 is 2.91 bits per heavy atom. The van der Waals surface area contributed by atoms with Gasteiger partial charge in [-0.15, -0.1) is 0 Å². The number of allylic oxidation sites excluding steroid dienone is 2. The van der Waals surface area contributed by atoms with E-state index in [0.29, 0.717) is 6.04 Å². The lowest BCUT2D eigenvalue weighted by Gasteiger charge is -2.37. The van der Waals surface area contributed by atoms with Gasteiger partial charge in [0.2, 0.25) is 0 Å². The lowest BCUT2D eigenvalue weighted by molar-refractivity contribution is 0.0906. The normalized spacial score (nSPS) is 33.8. The van der Waals surface area contributed by atoms with Crippen molar-refractivity contribution in [2.24, 2.45) is 0 Å². The Kier molecular flexibility index (Phi) is 2.88. The van der Waals surface area contributed by atoms with Gasteiger partial charge in [0.1, 0.15) is 5.75 Å². The second-order valence-electron chi connectivity index (χ2n) is 7.59. The van der Waals surface area contributed by atoms with Gasteiger partial charge in [0.15, 0.2) is 4.93 Å². The van der Waals surface area contributed by atoms with Crippen molar-refractivity contribution in [2.45, 2.75) is 53.9 Å². The minimum Gasteiger partial charge on any atom is -0.475 e. The van der Waals surface area contributed by atoms with Crippen molar-refractivity contribution in [1.82, 2.24) is 4.90 Å². The van der Waals surface area contributed by atoms with Gasteiger partial charge in [0, 0.05) is 11.5 Å². The number of benzene rings is 1. The highest BCUT2D eigenvalue weighted by atomic mass is 32.2. The fourth-order valence-corrected chi connectivity index (χ4v) is 5.91. The van der Waals surface area contributed by atoms with Crippen LogP contribution in [0, 0.1) is 0 Å². The molecule has 1 aromatic rings. The summed E-state index contributed by atoms with van der Waals surface area (Å²) in [7, 11) is 2.25. The number of likely N-dealkylation sites (tertiary alicyclic amines) is 1. The molecule has 0 bridgehead atoms. The molecule has 2 aliphatic carbocycles. The van der Waals surface area contributed by atoms with Crippen LogP contribution in [0.5, 0.6) is 5.75 Å². The van der Waals surface area contributed by atoms with Crippen molar-refractivity contribution in [3.8, 4) is 5.75 Å². The van der Waals surface area contributed by atoms with Gasteiger partial charge in [0.05, 0.1) is 4.90 Å². The third-order valence-electron chi connectivity index (χ3n) is 6.13. The van der Waals surface area contributed by atoms with Crippen LogP contribution < -0.4 is 4.74 Å². The quantitative estimate of drug-likeness (QED) is 0.754. The average molecular weight is 325 g/mol. The zero-order chi connectivity index (χ0) is 15.7. The van der Waals surface area contributed by atoms with Crippen molar-refractivity contribution >= 4 is 11.8 Å². The molecule has 4 aliphatic rings. The molecule has 0 aromatic heterocycles. The predicted octanol–water partition coefficient (Wildman–Crippen LogP) is 4.51. The van der Waals surface area contributed by atoms with E-state index in [0.717, 1.165) is 12.3 Å². The van der Waals surface area contributed by atoms with E-state index in [1.807, 2.05) is 11.8 Å². The Bertz CT molecular complexity index is 733. The molecular weight excluding hydrogens is 302 g/mol. The van der Waals surface area contributed by atoms with Crippen molar-refractivity contribution in [1.29, 1.82) is 0 Å². The van der Waals surface area contributed by atoms with Gasteiger partial charge < -0.3 is 4.74 Å². The molecule has 120 valence electrons. The summed E-state index contributed by atoms with van der Waals surface area (Å²) >= 11 is 1.94. The van der Waals surface area contributed by atoms with E-state index in [1.54, 1.807) is 0 Å². The topological polar surface area (TPSA) is 12.5 Å². The molecule has 1 aromatic carbocycles. The molecule has 1 saturated heterocycles. The first-order valence-electron chi connectivity index (χ1n) is 8.71. The van der Waals surface area contributed by atoms with Crippen LogP contribution in [0.3, 0.4) is 0 Å². The van der Waals surface area contributed by atoms with E-state index in [2.05, 4.69) is 55.3 Å². The number of thioether (sulfide) groups is 1. The summed E-state index contributed by atoms with van der Waals surface area (Å²) in [6.07, 6.45) is 12.1. The SMILES string of the molecule is CC1=C[C@@H]2N(C)CC[C@]2(c2ccc3c(c2)OC2(CCC2)S3)C=C1. The van der Waals surface area contributed by atoms with Gasteiger partial charge in [0.25, 0.3) is 0 Å². The van der Waals surface area contributed by atoms with Crippen LogP contribution in [-0.2, 0) is 5.41 Å². The molecule has 2 heterocycles. The van der Waals surface area contributed by atoms with Crippen LogP contribution in [0.4, 0.5) is 0 Å². The Morgan fingerprint density at radius 2 is 2.13 bits per heavy atom. The number of likely N-dealkylation sites (N-methyl/N-ethyl adjacent to an activating group) is 1. The molecule has 0 amide bonds. The summed E-state index contributed by atoms with van der Waals surface area (Å²) in [5.41, 5.74) is 2.91. The molecule has 0 radical (unpaired) electrons. The standard InChI is InChI=1S/C20H23NOS/c1-14-6-9-19(10-11-21(2)18(19)12-14)15-4-5-17-16(13-15)22-20(23-17)7-3-8-20/h4-6,9,12-13,18H,3,7-8,10-11H2,1-2H3/t18-,19-/m0/s1. The first-order valence-corrected chi connectivity index (χ1v) is 9.52. The second kappa shape index (κ2) is 4.67. The highest BCUT2D eigenvalue weighted by molar-refractivity contribution is 8.01. The highest BCUT2D eigenvalue weighted by Crippen LogP contribution is 2.57. The van der Waals surface area contributed by atoms with E-state index in [4.69, 9.17) is 4.74 Å². The number of hydrogen-bond donors (Lipinski definition) is 0. The molecule has 2 atom stereocenters. The van der Waals surface area contributed by atoms with Crippen molar-refractivity contribution in [2.75, 3.05) is 13.6 Å². The van der Waals surface area contributed by atoms with E-state index in [9.17, 15) is 0 Å². The van der Waals surface area contributed by atoms with Gasteiger partial charge in [-0.3, -0.25) is 4.90 Å². The van der Waals surface area contributed by atoms with E-state index >= 15 is 0 Å². The first kappa shape index (κ1) is 14.2. The summed E-state index contributed by atoms with van der Waals surface area (Å²) in [5.74, 6) is 1.12. The molecule has 3 heteroatoms. The van der Waals surface area contributed by atoms with E-state index in [-0.39, 0.29) is 10.3 Å². The maximum Gasteiger partial charge on any atom is 0.159 e. The number of ether oxygens (including phenoxy) is 1. The molecule has 1 saturated carbocycles. The predicted molar refractivity (Wildman–Crippen MR) is 95.1 cm³/mol. The van der Waals surface area contributed by atoms with Crippen LogP contribution in [-0.4, -0.2) is 29.5 Å². The highest BCUT2D eigenvalue weighted by Gasteiger charge is 2.48. The fraction of sp³-hybridized carbons (Fsp3) is 0.500. The number of rotatable bonds is 1. The molecule has 23 heavy (non-hydrogen) atoms. The molecule has 2 nitrogen and oxygen atoms in total. The van der Waals surface area contributed by atoms with Crippen LogP contribution in [0.25, 0.3) is 0 Å². The summed E-state index contributed by atoms with van der Waals surface area (Å²) in [4.78, 5) is 3.89. The largest absolute Gasteiger partial charge is 0.475 e. The molecule has 0 unspecified atom stereocenters. The summed E-state index contributed by atoms with van der Waals surface area (Å²) in [6.45, 7) is 3.35. The van der Waals surface area contributed by atoms with Crippen molar-refractivity contribution in [3.63, 3.8) is 0 Å². The molecule has 0 N–H and O–H groups in total. The Balaban J connectivity index is 1.55. The van der Waals surface area contributed by atoms with Crippen LogP contribution in [0.2, 0.25) is 0 Å². The van der Waals surface area contributed by atoms with Gasteiger partial charge in [-0.1, -0.05) is 41.6 Å². The maximum absolute atomic E-state index is 6.36. The molecule has 5 rings (SSSR count). The Labute approximate surface area is 142 Å². The maximum atomic E-state index is 6.36. The zero-order valence-corrected chi connectivity index (χ0v) is 14.7. The zero-order valence-electron chi connectivity index (χ0n) is 13.8. The van der Waals surface area contributed by atoms with E-state index < -0.39 is 0 Å². The Hall–Kier alpha value is -1.19. The van der Waals surface area contributed by atoms with Crippen LogP contribution >= 0.6 is 11.8 Å². The molecule has 1 spiro atoms. The van der Waals surface area contributed by atoms with Gasteiger partial charge in [-0.05, 0) is 63.9 Å². The second-order valence-corrected chi connectivity index (χ2v) is 8.98. The third kappa shape index (κ3) is 1.93. The van der Waals surface area contributed by atoms with E-state index in [1.165, 1.54) is 41.7 Å². The fourth-order valence-electron chi connectivity index (χ4n) is 4.55. The monoisotopic (exact) mass is 325 g/mol. The average Bonchev–Trinajstić information content (AvgIpc) is 3.06. The Morgan fingerprint density at radius 1 is 1.26 bits per heavy atom. The van der Waals surface area contributed by atoms with Crippen LogP contribution in [0.1, 0.15) is 38.2 Å². The van der Waals surface area contributed by atoms with Crippen molar-refractivity contribution < 1.29 is 4.74 Å². The minimum atomic E-state index is 0.0728.